The number of allylic oxidation sites excluding steroid dienone is 1. The Hall–Kier alpha value is -0.670. The lowest BCUT2D eigenvalue weighted by molar-refractivity contribution is 0.558. The number of nitrogens with zero attached hydrogens (tertiary/aromatic N) is 1. The lowest BCUT2D eigenvalue weighted by atomic mass is 10.3. The van der Waals surface area contributed by atoms with Crippen LogP contribution in [0.3, 0.4) is 0 Å². The van der Waals surface area contributed by atoms with E-state index in [1.165, 1.54) is 5.01 Å². The zero-order chi connectivity index (χ0) is 10.4. The molecule has 2 nitrogen and oxygen atoms in total. The molecule has 0 amide bonds. The number of rotatable bonds is 6. The highest BCUT2D eigenvalue weighted by molar-refractivity contribution is 7.09. The minimum atomic E-state index is 0.374. The van der Waals surface area contributed by atoms with Crippen molar-refractivity contribution in [2.45, 2.75) is 32.7 Å². The number of aromatic nitrogens is 1. The van der Waals surface area contributed by atoms with Crippen LogP contribution in [-0.2, 0) is 0 Å². The summed E-state index contributed by atoms with van der Waals surface area (Å²) in [6.45, 7) is 8.93. The Kier molecular flexibility index (Phi) is 4.84. The maximum atomic E-state index is 4.45. The van der Waals surface area contributed by atoms with E-state index in [-0.39, 0.29) is 0 Å². The third kappa shape index (κ3) is 3.60. The van der Waals surface area contributed by atoms with E-state index in [2.05, 4.69) is 29.2 Å². The maximum Gasteiger partial charge on any atom is 0.110 e. The highest BCUT2D eigenvalue weighted by atomic mass is 32.1. The maximum absolute atomic E-state index is 4.45. The van der Waals surface area contributed by atoms with Gasteiger partial charge >= 0.3 is 0 Å². The van der Waals surface area contributed by atoms with Gasteiger partial charge in [0, 0.05) is 11.1 Å². The molecule has 0 spiro atoms. The average molecular weight is 210 g/mol. The van der Waals surface area contributed by atoms with Crippen LogP contribution in [0.4, 0.5) is 0 Å². The molecule has 0 saturated heterocycles. The lowest BCUT2D eigenvalue weighted by Crippen LogP contribution is -2.19. The second-order valence-electron chi connectivity index (χ2n) is 3.43. The molecule has 1 atom stereocenters. The largest absolute Gasteiger partial charge is 0.308 e. The first kappa shape index (κ1) is 11.4. The highest BCUT2D eigenvalue weighted by Crippen LogP contribution is 2.17. The minimum absolute atomic E-state index is 0.374. The second kappa shape index (κ2) is 5.94. The summed E-state index contributed by atoms with van der Waals surface area (Å²) in [5.74, 6) is 0. The zero-order valence-electron chi connectivity index (χ0n) is 8.92. The van der Waals surface area contributed by atoms with Gasteiger partial charge in [-0.3, -0.25) is 0 Å². The van der Waals surface area contributed by atoms with Crippen molar-refractivity contribution in [3.8, 4) is 0 Å². The Balaban J connectivity index is 2.28. The Labute approximate surface area is 90.1 Å². The van der Waals surface area contributed by atoms with Gasteiger partial charge in [-0.15, -0.1) is 17.9 Å². The van der Waals surface area contributed by atoms with Crippen molar-refractivity contribution in [3.05, 3.63) is 28.7 Å². The van der Waals surface area contributed by atoms with E-state index in [1.807, 2.05) is 13.0 Å². The molecule has 1 rings (SSSR count). The fraction of sp³-hybridized carbons (Fsp3) is 0.545. The predicted octanol–water partition coefficient (Wildman–Crippen LogP) is 3.07. The highest BCUT2D eigenvalue weighted by Gasteiger charge is 2.07. The molecular formula is C11H18N2S. The van der Waals surface area contributed by atoms with Gasteiger partial charge in [0.25, 0.3) is 0 Å². The molecule has 0 aliphatic rings. The van der Waals surface area contributed by atoms with Gasteiger partial charge in [0.15, 0.2) is 0 Å². The monoisotopic (exact) mass is 210 g/mol. The van der Waals surface area contributed by atoms with Crippen LogP contribution >= 0.6 is 11.3 Å². The number of unbranched alkanes of at least 4 members (excludes halogenated alkanes) is 1. The summed E-state index contributed by atoms with van der Waals surface area (Å²) in [6, 6.07) is 0.374. The van der Waals surface area contributed by atoms with Gasteiger partial charge in [-0.2, -0.15) is 0 Å². The summed E-state index contributed by atoms with van der Waals surface area (Å²) in [5.41, 5.74) is 1.12. The third-order valence-corrected chi connectivity index (χ3v) is 3.19. The van der Waals surface area contributed by atoms with E-state index in [1.54, 1.807) is 11.3 Å². The van der Waals surface area contributed by atoms with E-state index in [9.17, 15) is 0 Å². The molecule has 14 heavy (non-hydrogen) atoms. The molecule has 1 aromatic rings. The normalized spacial score (nSPS) is 12.7. The van der Waals surface area contributed by atoms with Crippen molar-refractivity contribution in [2.24, 2.45) is 0 Å². The molecule has 0 aliphatic heterocycles. The van der Waals surface area contributed by atoms with Crippen molar-refractivity contribution in [1.29, 1.82) is 0 Å². The van der Waals surface area contributed by atoms with Crippen LogP contribution in [0.2, 0.25) is 0 Å². The number of aryl methyl sites for hydroxylation is 1. The summed E-state index contributed by atoms with van der Waals surface area (Å²) in [7, 11) is 0. The van der Waals surface area contributed by atoms with E-state index < -0.39 is 0 Å². The first-order chi connectivity index (χ1) is 6.74. The van der Waals surface area contributed by atoms with Crippen LogP contribution in [0.25, 0.3) is 0 Å². The molecule has 0 aromatic carbocycles. The van der Waals surface area contributed by atoms with E-state index in [0.29, 0.717) is 6.04 Å². The van der Waals surface area contributed by atoms with E-state index in [4.69, 9.17) is 0 Å². The standard InChI is InChI=1S/C11H18N2S/c1-4-5-6-7-12-10(3)11-13-9(2)8-14-11/h4,8,10,12H,1,5-7H2,2-3H3. The molecule has 78 valence electrons. The quantitative estimate of drug-likeness (QED) is 0.576. The fourth-order valence-corrected chi connectivity index (χ4v) is 2.05. The Bertz CT molecular complexity index is 281. The minimum Gasteiger partial charge on any atom is -0.308 e. The molecule has 1 heterocycles. The zero-order valence-corrected chi connectivity index (χ0v) is 9.73. The van der Waals surface area contributed by atoms with Crippen molar-refractivity contribution < 1.29 is 0 Å². The van der Waals surface area contributed by atoms with E-state index in [0.717, 1.165) is 25.1 Å². The molecule has 3 heteroatoms. The van der Waals surface area contributed by atoms with Crippen LogP contribution in [0.1, 0.15) is 36.5 Å². The number of nitrogens with one attached hydrogen (secondary N) is 1. The second-order valence-corrected chi connectivity index (χ2v) is 4.32. The van der Waals surface area contributed by atoms with Gasteiger partial charge in [-0.25, -0.2) is 4.98 Å². The summed E-state index contributed by atoms with van der Waals surface area (Å²) in [6.07, 6.45) is 4.19. The molecule has 0 fully saturated rings. The summed E-state index contributed by atoms with van der Waals surface area (Å²) in [4.78, 5) is 4.45. The molecule has 0 radical (unpaired) electrons. The molecule has 0 saturated carbocycles. The lowest BCUT2D eigenvalue weighted by Gasteiger charge is -2.09. The van der Waals surface area contributed by atoms with Crippen molar-refractivity contribution in [1.82, 2.24) is 10.3 Å². The van der Waals surface area contributed by atoms with Gasteiger partial charge in [0.1, 0.15) is 5.01 Å². The summed E-state index contributed by atoms with van der Waals surface area (Å²) >= 11 is 1.73. The number of thiazole rings is 1. The van der Waals surface area contributed by atoms with Crippen molar-refractivity contribution in [2.75, 3.05) is 6.54 Å². The number of hydrogen-bond acceptors (Lipinski definition) is 3. The molecule has 1 N–H and O–H groups in total. The Morgan fingerprint density at radius 2 is 2.50 bits per heavy atom. The van der Waals surface area contributed by atoms with Gasteiger partial charge in [-0.05, 0) is 33.2 Å². The smallest absolute Gasteiger partial charge is 0.110 e. The molecule has 1 unspecified atom stereocenters. The topological polar surface area (TPSA) is 24.9 Å². The van der Waals surface area contributed by atoms with Crippen LogP contribution in [0.5, 0.6) is 0 Å². The van der Waals surface area contributed by atoms with Gasteiger partial charge < -0.3 is 5.32 Å². The van der Waals surface area contributed by atoms with Crippen LogP contribution in [-0.4, -0.2) is 11.5 Å². The fourth-order valence-electron chi connectivity index (χ4n) is 1.22. The van der Waals surface area contributed by atoms with Crippen LogP contribution < -0.4 is 5.32 Å². The molecule has 0 bridgehead atoms. The van der Waals surface area contributed by atoms with Crippen LogP contribution in [0, 0.1) is 6.92 Å². The van der Waals surface area contributed by atoms with Gasteiger partial charge in [0.2, 0.25) is 0 Å². The Morgan fingerprint density at radius 3 is 3.07 bits per heavy atom. The molecule has 1 aromatic heterocycles. The third-order valence-electron chi connectivity index (χ3n) is 2.04. The average Bonchev–Trinajstić information content (AvgIpc) is 2.59. The molecular weight excluding hydrogens is 192 g/mol. The summed E-state index contributed by atoms with van der Waals surface area (Å²) < 4.78 is 0. The molecule has 0 aliphatic carbocycles. The van der Waals surface area contributed by atoms with Gasteiger partial charge in [0.05, 0.1) is 6.04 Å². The number of hydrogen-bond donors (Lipinski definition) is 1. The van der Waals surface area contributed by atoms with Crippen molar-refractivity contribution in [3.63, 3.8) is 0 Å². The predicted molar refractivity (Wildman–Crippen MR) is 62.7 cm³/mol. The van der Waals surface area contributed by atoms with Crippen molar-refractivity contribution >= 4 is 11.3 Å². The van der Waals surface area contributed by atoms with Gasteiger partial charge in [-0.1, -0.05) is 6.08 Å². The summed E-state index contributed by atoms with van der Waals surface area (Å²) in [5, 5.41) is 6.72. The van der Waals surface area contributed by atoms with E-state index >= 15 is 0 Å². The Morgan fingerprint density at radius 1 is 1.71 bits per heavy atom. The van der Waals surface area contributed by atoms with Crippen LogP contribution in [0.15, 0.2) is 18.0 Å². The first-order valence-electron chi connectivity index (χ1n) is 5.00. The SMILES string of the molecule is C=CCCCNC(C)c1nc(C)cs1. The first-order valence-corrected chi connectivity index (χ1v) is 5.88.